The quantitative estimate of drug-likeness (QED) is 0.878. The third-order valence-electron chi connectivity index (χ3n) is 3.67. The Balaban J connectivity index is 1.94. The van der Waals surface area contributed by atoms with Gasteiger partial charge in [-0.05, 0) is 31.4 Å². The van der Waals surface area contributed by atoms with Crippen molar-refractivity contribution in [2.75, 3.05) is 25.6 Å². The van der Waals surface area contributed by atoms with Gasteiger partial charge in [0, 0.05) is 18.2 Å². The van der Waals surface area contributed by atoms with Crippen LogP contribution in [0.4, 0.5) is 5.69 Å². The summed E-state index contributed by atoms with van der Waals surface area (Å²) >= 11 is 0. The molecule has 1 unspecified atom stereocenters. The molecule has 0 saturated carbocycles. The fourth-order valence-electron chi connectivity index (χ4n) is 2.60. The van der Waals surface area contributed by atoms with Crippen LogP contribution in [0.3, 0.4) is 0 Å². The molecule has 2 heterocycles. The van der Waals surface area contributed by atoms with E-state index in [0.717, 1.165) is 41.8 Å². The number of aromatic nitrogens is 2. The second-order valence-corrected chi connectivity index (χ2v) is 5.10. The molecule has 1 fully saturated rings. The number of anilines is 1. The first kappa shape index (κ1) is 13.8. The minimum Gasteiger partial charge on any atom is -0.495 e. The van der Waals surface area contributed by atoms with Crippen LogP contribution in [-0.4, -0.2) is 30.0 Å². The van der Waals surface area contributed by atoms with Gasteiger partial charge in [0.2, 0.25) is 0 Å². The van der Waals surface area contributed by atoms with Gasteiger partial charge in [0.05, 0.1) is 24.9 Å². The highest BCUT2D eigenvalue weighted by Crippen LogP contribution is 2.31. The lowest BCUT2D eigenvalue weighted by Gasteiger charge is -2.22. The minimum absolute atomic E-state index is 0.0410. The second-order valence-electron chi connectivity index (χ2n) is 5.10. The SMILES string of the molecule is C#CCNc1cc2nn(C3CCCCO3)cc2cc1OC. The molecule has 1 atom stereocenters. The molecule has 1 aromatic heterocycles. The molecule has 1 N–H and O–H groups in total. The lowest BCUT2D eigenvalue weighted by atomic mass is 10.2. The molecule has 1 aromatic carbocycles. The first-order chi connectivity index (χ1) is 10.3. The van der Waals surface area contributed by atoms with Crippen molar-refractivity contribution in [3.8, 4) is 18.1 Å². The molecule has 0 amide bonds. The molecule has 2 aromatic rings. The fourth-order valence-corrected chi connectivity index (χ4v) is 2.60. The molecule has 0 spiro atoms. The van der Waals surface area contributed by atoms with Crippen LogP contribution >= 0.6 is 0 Å². The van der Waals surface area contributed by atoms with Crippen molar-refractivity contribution in [2.45, 2.75) is 25.5 Å². The minimum atomic E-state index is 0.0410. The standard InChI is InChI=1S/C16H19N3O2/c1-3-7-17-14-10-13-12(9-15(14)20-2)11-19(18-13)16-6-4-5-8-21-16/h1,9-11,16-17H,4-8H2,2H3. The zero-order valence-electron chi connectivity index (χ0n) is 12.1. The number of benzene rings is 1. The molecule has 0 bridgehead atoms. The predicted octanol–water partition coefficient (Wildman–Crippen LogP) is 2.79. The smallest absolute Gasteiger partial charge is 0.150 e. The maximum absolute atomic E-state index is 5.77. The average Bonchev–Trinajstić information content (AvgIpc) is 2.95. The predicted molar refractivity (Wildman–Crippen MR) is 82.4 cm³/mol. The Kier molecular flexibility index (Phi) is 3.98. The molecule has 5 heteroatoms. The van der Waals surface area contributed by atoms with Crippen LogP contribution in [0.15, 0.2) is 18.3 Å². The zero-order valence-corrected chi connectivity index (χ0v) is 12.1. The van der Waals surface area contributed by atoms with Crippen LogP contribution in [0.5, 0.6) is 5.75 Å². The molecular formula is C16H19N3O2. The van der Waals surface area contributed by atoms with Crippen molar-refractivity contribution in [1.29, 1.82) is 0 Å². The highest BCUT2D eigenvalue weighted by Gasteiger charge is 2.17. The number of fused-ring (bicyclic) bond motifs is 1. The Morgan fingerprint density at radius 1 is 1.52 bits per heavy atom. The van der Waals surface area contributed by atoms with E-state index in [2.05, 4.69) is 16.3 Å². The summed E-state index contributed by atoms with van der Waals surface area (Å²) in [7, 11) is 1.65. The number of ether oxygens (including phenoxy) is 2. The first-order valence-electron chi connectivity index (χ1n) is 7.17. The number of hydrogen-bond acceptors (Lipinski definition) is 4. The van der Waals surface area contributed by atoms with Crippen LogP contribution in [0, 0.1) is 12.3 Å². The highest BCUT2D eigenvalue weighted by molar-refractivity contribution is 5.85. The Bertz CT molecular complexity index is 666. The summed E-state index contributed by atoms with van der Waals surface area (Å²) in [6.45, 7) is 1.26. The van der Waals surface area contributed by atoms with Gasteiger partial charge in [0.1, 0.15) is 12.0 Å². The Hall–Kier alpha value is -2.19. The lowest BCUT2D eigenvalue weighted by molar-refractivity contribution is -0.0390. The molecule has 3 rings (SSSR count). The fraction of sp³-hybridized carbons (Fsp3) is 0.438. The summed E-state index contributed by atoms with van der Waals surface area (Å²) in [6, 6.07) is 3.94. The first-order valence-corrected chi connectivity index (χ1v) is 7.17. The van der Waals surface area contributed by atoms with E-state index < -0.39 is 0 Å². The van der Waals surface area contributed by atoms with Gasteiger partial charge in [-0.3, -0.25) is 0 Å². The number of nitrogens with zero attached hydrogens (tertiary/aromatic N) is 2. The van der Waals surface area contributed by atoms with E-state index in [-0.39, 0.29) is 6.23 Å². The number of terminal acetylenes is 1. The number of hydrogen-bond donors (Lipinski definition) is 1. The monoisotopic (exact) mass is 285 g/mol. The van der Waals surface area contributed by atoms with Crippen LogP contribution in [0.2, 0.25) is 0 Å². The molecule has 21 heavy (non-hydrogen) atoms. The van der Waals surface area contributed by atoms with E-state index in [1.807, 2.05) is 23.0 Å². The van der Waals surface area contributed by atoms with Crippen molar-refractivity contribution in [1.82, 2.24) is 9.78 Å². The van der Waals surface area contributed by atoms with Gasteiger partial charge >= 0.3 is 0 Å². The molecule has 1 saturated heterocycles. The summed E-state index contributed by atoms with van der Waals surface area (Å²) in [6.07, 6.45) is 10.7. The third kappa shape index (κ3) is 2.81. The number of methoxy groups -OCH3 is 1. The van der Waals surface area contributed by atoms with E-state index >= 15 is 0 Å². The molecular weight excluding hydrogens is 266 g/mol. The summed E-state index contributed by atoms with van der Waals surface area (Å²) < 4.78 is 13.1. The number of nitrogens with one attached hydrogen (secondary N) is 1. The van der Waals surface area contributed by atoms with Gasteiger partial charge in [0.25, 0.3) is 0 Å². The Morgan fingerprint density at radius 3 is 3.14 bits per heavy atom. The number of rotatable bonds is 4. The van der Waals surface area contributed by atoms with Crippen molar-refractivity contribution in [3.05, 3.63) is 18.3 Å². The third-order valence-corrected chi connectivity index (χ3v) is 3.67. The van der Waals surface area contributed by atoms with Gasteiger partial charge < -0.3 is 14.8 Å². The van der Waals surface area contributed by atoms with Gasteiger partial charge in [0.15, 0.2) is 0 Å². The maximum Gasteiger partial charge on any atom is 0.150 e. The van der Waals surface area contributed by atoms with E-state index in [1.165, 1.54) is 6.42 Å². The molecule has 1 aliphatic rings. The van der Waals surface area contributed by atoms with Gasteiger partial charge in [-0.15, -0.1) is 6.42 Å². The van der Waals surface area contributed by atoms with E-state index in [4.69, 9.17) is 15.9 Å². The van der Waals surface area contributed by atoms with Crippen molar-refractivity contribution >= 4 is 16.6 Å². The lowest BCUT2D eigenvalue weighted by Crippen LogP contribution is -2.18. The van der Waals surface area contributed by atoms with E-state index in [1.54, 1.807) is 7.11 Å². The highest BCUT2D eigenvalue weighted by atomic mass is 16.5. The second kappa shape index (κ2) is 6.06. The Morgan fingerprint density at radius 2 is 2.43 bits per heavy atom. The van der Waals surface area contributed by atoms with Gasteiger partial charge in [-0.2, -0.15) is 5.10 Å². The van der Waals surface area contributed by atoms with E-state index in [0.29, 0.717) is 6.54 Å². The van der Waals surface area contributed by atoms with Gasteiger partial charge in [-0.25, -0.2) is 4.68 Å². The van der Waals surface area contributed by atoms with Crippen molar-refractivity contribution in [3.63, 3.8) is 0 Å². The molecule has 1 aliphatic heterocycles. The summed E-state index contributed by atoms with van der Waals surface area (Å²) in [5.41, 5.74) is 1.77. The molecule has 5 nitrogen and oxygen atoms in total. The van der Waals surface area contributed by atoms with Crippen LogP contribution in [0.1, 0.15) is 25.5 Å². The Labute approximate surface area is 124 Å². The molecule has 0 aliphatic carbocycles. The topological polar surface area (TPSA) is 48.3 Å². The van der Waals surface area contributed by atoms with Gasteiger partial charge in [-0.1, -0.05) is 5.92 Å². The average molecular weight is 285 g/mol. The van der Waals surface area contributed by atoms with Crippen molar-refractivity contribution < 1.29 is 9.47 Å². The summed E-state index contributed by atoms with van der Waals surface area (Å²) in [5, 5.41) is 8.81. The molecule has 110 valence electrons. The maximum atomic E-state index is 5.77. The van der Waals surface area contributed by atoms with Crippen LogP contribution < -0.4 is 10.1 Å². The zero-order chi connectivity index (χ0) is 14.7. The van der Waals surface area contributed by atoms with Crippen LogP contribution in [0.25, 0.3) is 10.9 Å². The van der Waals surface area contributed by atoms with Crippen molar-refractivity contribution in [2.24, 2.45) is 0 Å². The summed E-state index contributed by atoms with van der Waals surface area (Å²) in [4.78, 5) is 0. The largest absolute Gasteiger partial charge is 0.495 e. The normalized spacial score (nSPS) is 18.4. The summed E-state index contributed by atoms with van der Waals surface area (Å²) in [5.74, 6) is 3.33. The molecule has 0 radical (unpaired) electrons. The van der Waals surface area contributed by atoms with Crippen LogP contribution in [-0.2, 0) is 4.74 Å². The van der Waals surface area contributed by atoms with E-state index in [9.17, 15) is 0 Å².